The largest absolute Gasteiger partial charge is 0.350 e. The van der Waals surface area contributed by atoms with E-state index in [4.69, 9.17) is 10.7 Å². The average molecular weight is 365 g/mol. The first kappa shape index (κ1) is 18.9. The Kier molecular flexibility index (Phi) is 5.19. The van der Waals surface area contributed by atoms with Gasteiger partial charge in [0.2, 0.25) is 5.95 Å². The minimum Gasteiger partial charge on any atom is -0.350 e. The summed E-state index contributed by atoms with van der Waals surface area (Å²) in [5, 5.41) is 3.30. The predicted molar refractivity (Wildman–Crippen MR) is 107 cm³/mol. The molecule has 2 heterocycles. The van der Waals surface area contributed by atoms with Gasteiger partial charge in [0.1, 0.15) is 5.82 Å². The van der Waals surface area contributed by atoms with Crippen molar-refractivity contribution in [3.8, 4) is 22.4 Å². The van der Waals surface area contributed by atoms with Crippen molar-refractivity contribution < 1.29 is 4.39 Å². The number of anilines is 1. The van der Waals surface area contributed by atoms with Crippen molar-refractivity contribution in [3.63, 3.8) is 0 Å². The second-order valence-electron chi connectivity index (χ2n) is 7.49. The zero-order chi connectivity index (χ0) is 19.6. The quantitative estimate of drug-likeness (QED) is 0.720. The predicted octanol–water partition coefficient (Wildman–Crippen LogP) is 4.32. The summed E-state index contributed by atoms with van der Waals surface area (Å²) >= 11 is 0. The zero-order valence-corrected chi connectivity index (χ0v) is 16.0. The summed E-state index contributed by atoms with van der Waals surface area (Å²) in [5.41, 5.74) is 10.7. The number of aryl methyl sites for hydroxylation is 1. The summed E-state index contributed by atoms with van der Waals surface area (Å²) in [6.07, 6.45) is 1.75. The van der Waals surface area contributed by atoms with Crippen molar-refractivity contribution >= 4 is 5.95 Å². The number of aromatic nitrogens is 3. The van der Waals surface area contributed by atoms with E-state index in [1.807, 2.05) is 39.8 Å². The molecular formula is C21H24FN5. The molecule has 0 aliphatic carbocycles. The van der Waals surface area contributed by atoms with E-state index in [9.17, 15) is 4.39 Å². The summed E-state index contributed by atoms with van der Waals surface area (Å²) in [6, 6.07) is 10.2. The number of hydrogen-bond acceptors (Lipinski definition) is 5. The number of halogens is 1. The molecule has 0 saturated heterocycles. The highest BCUT2D eigenvalue weighted by molar-refractivity contribution is 5.83. The van der Waals surface area contributed by atoms with Crippen molar-refractivity contribution in [1.29, 1.82) is 0 Å². The first-order valence-electron chi connectivity index (χ1n) is 8.85. The molecule has 27 heavy (non-hydrogen) atoms. The van der Waals surface area contributed by atoms with Gasteiger partial charge in [-0.05, 0) is 69.7 Å². The molecule has 1 aromatic carbocycles. The standard InChI is InChI=1S/C21H24FN5/c1-13-11-15(9-10-24-13)18-17(12-23)25-20(27-21(2,3)4)26-19(18)14-5-7-16(22)8-6-14/h5-11H,12,23H2,1-4H3,(H,25,26,27). The number of nitrogens with one attached hydrogen (secondary N) is 1. The van der Waals surface area contributed by atoms with Crippen LogP contribution in [0.2, 0.25) is 0 Å². The van der Waals surface area contributed by atoms with Crippen molar-refractivity contribution in [2.45, 2.75) is 39.8 Å². The number of rotatable bonds is 4. The summed E-state index contributed by atoms with van der Waals surface area (Å²) < 4.78 is 13.5. The number of nitrogens with zero attached hydrogens (tertiary/aromatic N) is 3. The topological polar surface area (TPSA) is 76.7 Å². The highest BCUT2D eigenvalue weighted by atomic mass is 19.1. The molecule has 5 nitrogen and oxygen atoms in total. The van der Waals surface area contributed by atoms with Crippen LogP contribution in [0.1, 0.15) is 32.2 Å². The summed E-state index contributed by atoms with van der Waals surface area (Å²) in [7, 11) is 0. The van der Waals surface area contributed by atoms with Crippen LogP contribution in [0.15, 0.2) is 42.6 Å². The van der Waals surface area contributed by atoms with Gasteiger partial charge in [0.25, 0.3) is 0 Å². The van der Waals surface area contributed by atoms with Crippen LogP contribution in [0.3, 0.4) is 0 Å². The Bertz CT molecular complexity index is 946. The molecule has 0 aliphatic rings. The minimum atomic E-state index is -0.291. The van der Waals surface area contributed by atoms with Crippen LogP contribution in [-0.2, 0) is 6.54 Å². The fourth-order valence-electron chi connectivity index (χ4n) is 2.87. The maximum Gasteiger partial charge on any atom is 0.223 e. The van der Waals surface area contributed by atoms with Gasteiger partial charge >= 0.3 is 0 Å². The van der Waals surface area contributed by atoms with Gasteiger partial charge in [-0.25, -0.2) is 14.4 Å². The third kappa shape index (κ3) is 4.46. The van der Waals surface area contributed by atoms with Crippen LogP contribution in [0.4, 0.5) is 10.3 Å². The Morgan fingerprint density at radius 1 is 1.04 bits per heavy atom. The smallest absolute Gasteiger partial charge is 0.223 e. The molecular weight excluding hydrogens is 341 g/mol. The second kappa shape index (κ2) is 7.40. The lowest BCUT2D eigenvalue weighted by atomic mass is 9.97. The van der Waals surface area contributed by atoms with E-state index < -0.39 is 0 Å². The normalized spacial score (nSPS) is 11.5. The molecule has 0 aliphatic heterocycles. The molecule has 2 aromatic heterocycles. The summed E-state index contributed by atoms with van der Waals surface area (Å²) in [5.74, 6) is 0.206. The number of nitrogens with two attached hydrogens (primary N) is 1. The number of pyridine rings is 1. The van der Waals surface area contributed by atoms with E-state index in [1.54, 1.807) is 18.3 Å². The van der Waals surface area contributed by atoms with Crippen molar-refractivity contribution in [1.82, 2.24) is 15.0 Å². The van der Waals surface area contributed by atoms with E-state index in [-0.39, 0.29) is 17.9 Å². The SMILES string of the molecule is Cc1cc(-c2c(CN)nc(NC(C)(C)C)nc2-c2ccc(F)cc2)ccn1. The summed E-state index contributed by atoms with van der Waals surface area (Å²) in [4.78, 5) is 13.7. The molecule has 3 rings (SSSR count). The van der Waals surface area contributed by atoms with Gasteiger partial charge in [0.15, 0.2) is 0 Å². The molecule has 3 N–H and O–H groups in total. The molecule has 0 fully saturated rings. The van der Waals surface area contributed by atoms with Gasteiger partial charge in [0, 0.05) is 35.1 Å². The first-order chi connectivity index (χ1) is 12.8. The molecule has 140 valence electrons. The van der Waals surface area contributed by atoms with Crippen LogP contribution in [0, 0.1) is 12.7 Å². The zero-order valence-electron chi connectivity index (χ0n) is 16.0. The molecule has 0 atom stereocenters. The van der Waals surface area contributed by atoms with E-state index in [1.165, 1.54) is 12.1 Å². The Hall–Kier alpha value is -2.86. The average Bonchev–Trinajstić information content (AvgIpc) is 2.60. The maximum absolute atomic E-state index is 13.5. The Morgan fingerprint density at radius 2 is 1.74 bits per heavy atom. The Labute approximate surface area is 158 Å². The summed E-state index contributed by atoms with van der Waals surface area (Å²) in [6.45, 7) is 8.30. The Balaban J connectivity index is 2.27. The van der Waals surface area contributed by atoms with Crippen molar-refractivity contribution in [2.24, 2.45) is 5.73 Å². The van der Waals surface area contributed by atoms with Crippen LogP contribution in [0.25, 0.3) is 22.4 Å². The number of benzene rings is 1. The van der Waals surface area contributed by atoms with Gasteiger partial charge in [-0.15, -0.1) is 0 Å². The van der Waals surface area contributed by atoms with Crippen molar-refractivity contribution in [2.75, 3.05) is 5.32 Å². The lowest BCUT2D eigenvalue weighted by Gasteiger charge is -2.23. The van der Waals surface area contributed by atoms with E-state index >= 15 is 0 Å². The van der Waals surface area contributed by atoms with E-state index in [0.29, 0.717) is 11.6 Å². The molecule has 6 heteroatoms. The Morgan fingerprint density at radius 3 is 2.33 bits per heavy atom. The lowest BCUT2D eigenvalue weighted by Crippen LogP contribution is -2.28. The maximum atomic E-state index is 13.5. The van der Waals surface area contributed by atoms with Crippen LogP contribution < -0.4 is 11.1 Å². The first-order valence-corrected chi connectivity index (χ1v) is 8.85. The van der Waals surface area contributed by atoms with Crippen LogP contribution in [0.5, 0.6) is 0 Å². The molecule has 3 aromatic rings. The molecule has 0 amide bonds. The van der Waals surface area contributed by atoms with Crippen LogP contribution in [-0.4, -0.2) is 20.5 Å². The third-order valence-corrected chi connectivity index (χ3v) is 3.97. The number of hydrogen-bond donors (Lipinski definition) is 2. The molecule has 0 bridgehead atoms. The van der Waals surface area contributed by atoms with Gasteiger partial charge in [-0.3, -0.25) is 4.98 Å². The van der Waals surface area contributed by atoms with E-state index in [0.717, 1.165) is 28.1 Å². The fraction of sp³-hybridized carbons (Fsp3) is 0.286. The third-order valence-electron chi connectivity index (χ3n) is 3.97. The van der Waals surface area contributed by atoms with Gasteiger partial charge in [0.05, 0.1) is 11.4 Å². The minimum absolute atomic E-state index is 0.208. The molecule has 0 saturated carbocycles. The van der Waals surface area contributed by atoms with E-state index in [2.05, 4.69) is 15.3 Å². The highest BCUT2D eigenvalue weighted by Gasteiger charge is 2.20. The molecule has 0 unspecified atom stereocenters. The van der Waals surface area contributed by atoms with Gasteiger partial charge < -0.3 is 11.1 Å². The van der Waals surface area contributed by atoms with Gasteiger partial charge in [-0.2, -0.15) is 0 Å². The van der Waals surface area contributed by atoms with Crippen molar-refractivity contribution in [3.05, 3.63) is 59.8 Å². The highest BCUT2D eigenvalue weighted by Crippen LogP contribution is 2.34. The van der Waals surface area contributed by atoms with Crippen LogP contribution >= 0.6 is 0 Å². The molecule has 0 spiro atoms. The lowest BCUT2D eigenvalue weighted by molar-refractivity contribution is 0.625. The van der Waals surface area contributed by atoms with Gasteiger partial charge in [-0.1, -0.05) is 0 Å². The fourth-order valence-corrected chi connectivity index (χ4v) is 2.87. The monoisotopic (exact) mass is 365 g/mol. The second-order valence-corrected chi connectivity index (χ2v) is 7.49. The molecule has 0 radical (unpaired) electrons.